The van der Waals surface area contributed by atoms with Crippen molar-refractivity contribution in [3.8, 4) is 0 Å². The summed E-state index contributed by atoms with van der Waals surface area (Å²) in [6.45, 7) is 1.40. The number of nitrogens with zero attached hydrogens (tertiary/aromatic N) is 3. The molecule has 12 heavy (non-hydrogen) atoms. The van der Waals surface area contributed by atoms with Gasteiger partial charge in [0.25, 0.3) is 0 Å². The minimum atomic E-state index is 0.149. The Morgan fingerprint density at radius 3 is 2.42 bits per heavy atom. The summed E-state index contributed by atoms with van der Waals surface area (Å²) in [6, 6.07) is 0.149. The normalized spacial score (nSPS) is 22.1. The Kier molecular flexibility index (Phi) is 5.80. The molecule has 0 bridgehead atoms. The molecule has 3 N–H and O–H groups in total. The van der Waals surface area contributed by atoms with Crippen LogP contribution in [0.4, 0.5) is 0 Å². The molecular weight excluding hydrogens is 164 g/mol. The first-order chi connectivity index (χ1) is 5.74. The first-order valence-electron chi connectivity index (χ1n) is 3.55. The summed E-state index contributed by atoms with van der Waals surface area (Å²) in [5.41, 5.74) is 5.56. The molecule has 7 heteroatoms. The lowest BCUT2D eigenvalue weighted by Gasteiger charge is -2.24. The number of hydrogen-bond donors (Lipinski definition) is 2. The predicted octanol–water partition coefficient (Wildman–Crippen LogP) is 0.233. The van der Waals surface area contributed by atoms with Crippen molar-refractivity contribution in [2.24, 2.45) is 16.4 Å². The molecule has 0 aromatic heterocycles. The lowest BCUT2D eigenvalue weighted by Crippen LogP contribution is -2.39. The summed E-state index contributed by atoms with van der Waals surface area (Å²) >= 11 is 0. The number of nitrogens with two attached hydrogens (primary N) is 1. The summed E-state index contributed by atoms with van der Waals surface area (Å²) in [5.74, 6) is 0. The van der Waals surface area contributed by atoms with Gasteiger partial charge in [0.1, 0.15) is 0 Å². The van der Waals surface area contributed by atoms with Gasteiger partial charge >= 0.3 is 0 Å². The average Bonchev–Trinajstić information content (AvgIpc) is 2.06. The van der Waals surface area contributed by atoms with Crippen LogP contribution in [0.2, 0.25) is 0 Å². The SMILES string of the molecule is N[C@@H]1CCCN(N=O)C1.O=NO. The summed E-state index contributed by atoms with van der Waals surface area (Å²) in [4.78, 5) is 18.0. The van der Waals surface area contributed by atoms with Gasteiger partial charge in [0, 0.05) is 12.6 Å². The molecule has 0 saturated carbocycles. The zero-order valence-corrected chi connectivity index (χ0v) is 6.59. The maximum Gasteiger partial charge on any atom is 0.152 e. The zero-order chi connectivity index (χ0) is 9.40. The molecule has 1 saturated heterocycles. The maximum atomic E-state index is 9.93. The fraction of sp³-hybridized carbons (Fsp3) is 1.00. The lowest BCUT2D eigenvalue weighted by atomic mass is 10.1. The van der Waals surface area contributed by atoms with E-state index in [-0.39, 0.29) is 6.04 Å². The second-order valence-corrected chi connectivity index (χ2v) is 2.48. The van der Waals surface area contributed by atoms with E-state index in [1.165, 1.54) is 10.3 Å². The Hall–Kier alpha value is -1.24. The maximum absolute atomic E-state index is 9.93. The highest BCUT2D eigenvalue weighted by molar-refractivity contribution is 4.71. The van der Waals surface area contributed by atoms with Gasteiger partial charge in [-0.3, -0.25) is 5.01 Å². The quantitative estimate of drug-likeness (QED) is 0.439. The molecule has 0 spiro atoms. The van der Waals surface area contributed by atoms with Crippen LogP contribution in [0.25, 0.3) is 0 Å². The van der Waals surface area contributed by atoms with Crippen molar-refractivity contribution >= 4 is 0 Å². The Morgan fingerprint density at radius 1 is 1.50 bits per heavy atom. The highest BCUT2D eigenvalue weighted by Crippen LogP contribution is 2.06. The molecule has 0 aromatic rings. The highest BCUT2D eigenvalue weighted by atomic mass is 16.6. The molecule has 1 heterocycles. The first kappa shape index (κ1) is 10.8. The molecule has 0 aromatic carbocycles. The molecule has 0 unspecified atom stereocenters. The third kappa shape index (κ3) is 4.56. The fourth-order valence-electron chi connectivity index (χ4n) is 1.06. The van der Waals surface area contributed by atoms with E-state index in [2.05, 4.69) is 5.29 Å². The summed E-state index contributed by atoms with van der Waals surface area (Å²) in [5, 5.41) is 12.2. The van der Waals surface area contributed by atoms with Crippen molar-refractivity contribution in [2.45, 2.75) is 18.9 Å². The van der Waals surface area contributed by atoms with Crippen molar-refractivity contribution in [3.05, 3.63) is 9.81 Å². The van der Waals surface area contributed by atoms with E-state index < -0.39 is 0 Å². The van der Waals surface area contributed by atoms with Crippen molar-refractivity contribution in [3.63, 3.8) is 0 Å². The molecular formula is C5H12N4O3. The standard InChI is InChI=1S/C5H11N3O.HNO2/c6-5-2-1-3-8(4-5)7-9;2-1-3/h5H,1-4,6H2;(H,2,3)/t5-;/m1./s1. The molecule has 1 aliphatic heterocycles. The Bertz CT molecular complexity index is 143. The van der Waals surface area contributed by atoms with Crippen LogP contribution >= 0.6 is 0 Å². The van der Waals surface area contributed by atoms with Gasteiger partial charge in [-0.2, -0.15) is 0 Å². The van der Waals surface area contributed by atoms with E-state index >= 15 is 0 Å². The molecule has 0 aliphatic carbocycles. The van der Waals surface area contributed by atoms with E-state index in [1.54, 1.807) is 0 Å². The van der Waals surface area contributed by atoms with Gasteiger partial charge in [-0.1, -0.05) is 0 Å². The van der Waals surface area contributed by atoms with Crippen molar-refractivity contribution in [1.82, 2.24) is 5.01 Å². The van der Waals surface area contributed by atoms with Gasteiger partial charge in [0.2, 0.25) is 0 Å². The molecule has 1 fully saturated rings. The molecule has 0 radical (unpaired) electrons. The smallest absolute Gasteiger partial charge is 0.152 e. The largest absolute Gasteiger partial charge is 0.379 e. The highest BCUT2D eigenvalue weighted by Gasteiger charge is 2.14. The topological polar surface area (TPSA) is 108 Å². The minimum absolute atomic E-state index is 0.149. The van der Waals surface area contributed by atoms with Crippen LogP contribution in [0.1, 0.15) is 12.8 Å². The van der Waals surface area contributed by atoms with Crippen molar-refractivity contribution < 1.29 is 5.21 Å². The third-order valence-electron chi connectivity index (χ3n) is 1.55. The van der Waals surface area contributed by atoms with Crippen LogP contribution in [0.15, 0.2) is 10.6 Å². The molecule has 0 amide bonds. The second-order valence-electron chi connectivity index (χ2n) is 2.48. The Balaban J connectivity index is 0.000000354. The van der Waals surface area contributed by atoms with E-state index in [0.29, 0.717) is 6.54 Å². The van der Waals surface area contributed by atoms with Crippen LogP contribution in [0.5, 0.6) is 0 Å². The van der Waals surface area contributed by atoms with Crippen LogP contribution in [0, 0.1) is 9.81 Å². The fourth-order valence-corrected chi connectivity index (χ4v) is 1.06. The molecule has 1 rings (SSSR count). The van der Waals surface area contributed by atoms with Crippen LogP contribution < -0.4 is 5.73 Å². The van der Waals surface area contributed by atoms with Crippen LogP contribution in [-0.4, -0.2) is 29.3 Å². The summed E-state index contributed by atoms with van der Waals surface area (Å²) < 4.78 is 0. The monoisotopic (exact) mass is 176 g/mol. The molecule has 70 valence electrons. The van der Waals surface area contributed by atoms with Crippen LogP contribution in [0.3, 0.4) is 0 Å². The van der Waals surface area contributed by atoms with Gasteiger partial charge < -0.3 is 10.9 Å². The Labute approximate surface area is 69.4 Å². The molecule has 1 aliphatic rings. The first-order valence-corrected chi connectivity index (χ1v) is 3.55. The number of hydrogen-bond acceptors (Lipinski definition) is 5. The van der Waals surface area contributed by atoms with Crippen LogP contribution in [-0.2, 0) is 0 Å². The van der Waals surface area contributed by atoms with Gasteiger partial charge in [0.05, 0.1) is 11.8 Å². The predicted molar refractivity (Wildman–Crippen MR) is 42.2 cm³/mol. The number of rotatable bonds is 1. The number of piperidine rings is 1. The van der Waals surface area contributed by atoms with Crippen molar-refractivity contribution in [2.75, 3.05) is 13.1 Å². The Morgan fingerprint density at radius 2 is 2.08 bits per heavy atom. The van der Waals surface area contributed by atoms with Gasteiger partial charge in [-0.05, 0) is 12.8 Å². The summed E-state index contributed by atoms with van der Waals surface area (Å²) in [6.07, 6.45) is 2.01. The summed E-state index contributed by atoms with van der Waals surface area (Å²) in [7, 11) is 0. The van der Waals surface area contributed by atoms with Gasteiger partial charge in [-0.25, -0.2) is 0 Å². The molecule has 7 nitrogen and oxygen atoms in total. The van der Waals surface area contributed by atoms with E-state index in [4.69, 9.17) is 15.8 Å². The van der Waals surface area contributed by atoms with E-state index in [1.807, 2.05) is 0 Å². The van der Waals surface area contributed by atoms with Crippen molar-refractivity contribution in [1.29, 1.82) is 0 Å². The number of nitroso groups, excluding NO2 is 1. The average molecular weight is 176 g/mol. The molecule has 1 atom stereocenters. The minimum Gasteiger partial charge on any atom is -0.379 e. The van der Waals surface area contributed by atoms with E-state index in [9.17, 15) is 4.91 Å². The lowest BCUT2D eigenvalue weighted by molar-refractivity contribution is 0.215. The second kappa shape index (κ2) is 6.47. The van der Waals surface area contributed by atoms with Gasteiger partial charge in [0.15, 0.2) is 5.34 Å². The van der Waals surface area contributed by atoms with E-state index in [0.717, 1.165) is 19.4 Å². The van der Waals surface area contributed by atoms with Gasteiger partial charge in [-0.15, -0.1) is 9.81 Å². The third-order valence-corrected chi connectivity index (χ3v) is 1.55. The zero-order valence-electron chi connectivity index (χ0n) is 6.59.